The van der Waals surface area contributed by atoms with Crippen molar-refractivity contribution >= 4 is 0 Å². The predicted molar refractivity (Wildman–Crippen MR) is 106 cm³/mol. The lowest BCUT2D eigenvalue weighted by atomic mass is 9.70. The Bertz CT molecular complexity index is 530. The van der Waals surface area contributed by atoms with Crippen LogP contribution < -0.4 is 0 Å². The molecule has 1 aromatic rings. The molecule has 0 radical (unpaired) electrons. The van der Waals surface area contributed by atoms with Gasteiger partial charge in [-0.05, 0) is 88.4 Å². The molecule has 0 N–H and O–H groups in total. The second kappa shape index (κ2) is 7.80. The van der Waals surface area contributed by atoms with E-state index in [1.54, 1.807) is 5.56 Å². The van der Waals surface area contributed by atoms with Gasteiger partial charge in [0.05, 0.1) is 0 Å². The van der Waals surface area contributed by atoms with Gasteiger partial charge in [0.15, 0.2) is 0 Å². The van der Waals surface area contributed by atoms with E-state index in [0.29, 0.717) is 0 Å². The smallest absolute Gasteiger partial charge is 0.0233 e. The van der Waals surface area contributed by atoms with Crippen LogP contribution in [0.25, 0.3) is 0 Å². The van der Waals surface area contributed by atoms with Gasteiger partial charge in [0.25, 0.3) is 0 Å². The zero-order valence-corrected chi connectivity index (χ0v) is 16.3. The number of hydrogen-bond acceptors (Lipinski definition) is 2. The third-order valence-corrected chi connectivity index (χ3v) is 7.14. The second-order valence-corrected chi connectivity index (χ2v) is 9.08. The Hall–Kier alpha value is -0.860. The van der Waals surface area contributed by atoms with Gasteiger partial charge >= 0.3 is 0 Å². The number of nitrogens with zero attached hydrogens (tertiary/aromatic N) is 2. The molecule has 2 nitrogen and oxygen atoms in total. The van der Waals surface area contributed by atoms with Crippen molar-refractivity contribution in [2.24, 2.45) is 5.92 Å². The molecule has 2 atom stereocenters. The summed E-state index contributed by atoms with van der Waals surface area (Å²) in [6.45, 7) is 9.94. The molecule has 2 aliphatic heterocycles. The molecule has 138 valence electrons. The fraction of sp³-hybridized carbons (Fsp3) is 0.739. The maximum absolute atomic E-state index is 2.80. The molecule has 3 fully saturated rings. The molecule has 0 amide bonds. The van der Waals surface area contributed by atoms with Crippen LogP contribution in [-0.2, 0) is 6.54 Å². The van der Waals surface area contributed by atoms with E-state index in [2.05, 4.69) is 47.9 Å². The Balaban J connectivity index is 1.25. The molecule has 1 aliphatic carbocycles. The van der Waals surface area contributed by atoms with E-state index in [1.807, 2.05) is 0 Å². The van der Waals surface area contributed by atoms with E-state index >= 15 is 0 Å². The van der Waals surface area contributed by atoms with Crippen molar-refractivity contribution in [2.75, 3.05) is 19.6 Å². The highest BCUT2D eigenvalue weighted by molar-refractivity contribution is 5.27. The minimum absolute atomic E-state index is 0.799. The van der Waals surface area contributed by atoms with E-state index in [1.165, 1.54) is 70.1 Å². The highest BCUT2D eigenvalue weighted by Gasteiger charge is 2.34. The standard InChI is InChI=1S/C23H36N2/c1-18-6-5-7-19(2)25(18)17-21-14-23(15-21)22-10-8-20(9-11-22)16-24-12-3-4-13-24/h8-11,18-19,21,23H,3-7,12-17H2,1-2H3/t18-,19-,21?,23?/m1/s1. The summed E-state index contributed by atoms with van der Waals surface area (Å²) in [6.07, 6.45) is 9.81. The summed E-state index contributed by atoms with van der Waals surface area (Å²) in [4.78, 5) is 5.39. The minimum Gasteiger partial charge on any atom is -0.299 e. The quantitative estimate of drug-likeness (QED) is 0.741. The molecule has 25 heavy (non-hydrogen) atoms. The summed E-state index contributed by atoms with van der Waals surface area (Å²) in [5.74, 6) is 1.75. The normalized spacial score (nSPS) is 34.2. The Morgan fingerprint density at radius 3 is 2.16 bits per heavy atom. The SMILES string of the molecule is C[C@@H]1CCC[C@@H](C)N1CC1CC(c2ccc(CN3CCCC3)cc2)C1. The van der Waals surface area contributed by atoms with Crippen molar-refractivity contribution < 1.29 is 0 Å². The van der Waals surface area contributed by atoms with Crippen molar-refractivity contribution in [1.82, 2.24) is 9.80 Å². The average molecular weight is 341 g/mol. The molecule has 4 rings (SSSR count). The molecule has 1 saturated carbocycles. The highest BCUT2D eigenvalue weighted by atomic mass is 15.2. The average Bonchev–Trinajstić information content (AvgIpc) is 3.07. The molecule has 1 aromatic carbocycles. The van der Waals surface area contributed by atoms with Gasteiger partial charge in [-0.3, -0.25) is 9.80 Å². The van der Waals surface area contributed by atoms with Gasteiger partial charge in [0.2, 0.25) is 0 Å². The number of hydrogen-bond donors (Lipinski definition) is 0. The van der Waals surface area contributed by atoms with Gasteiger partial charge in [-0.25, -0.2) is 0 Å². The minimum atomic E-state index is 0.799. The molecular weight excluding hydrogens is 304 g/mol. The number of benzene rings is 1. The first-order chi connectivity index (χ1) is 12.2. The largest absolute Gasteiger partial charge is 0.299 e. The number of rotatable bonds is 5. The first-order valence-electron chi connectivity index (χ1n) is 10.8. The Morgan fingerprint density at radius 2 is 1.52 bits per heavy atom. The maximum Gasteiger partial charge on any atom is 0.0233 e. The van der Waals surface area contributed by atoms with E-state index in [0.717, 1.165) is 30.5 Å². The van der Waals surface area contributed by atoms with Crippen LogP contribution in [-0.4, -0.2) is 41.5 Å². The summed E-state index contributed by atoms with van der Waals surface area (Å²) in [5, 5.41) is 0. The van der Waals surface area contributed by atoms with E-state index in [4.69, 9.17) is 0 Å². The molecule has 2 saturated heterocycles. The molecule has 3 aliphatic rings. The lowest BCUT2D eigenvalue weighted by molar-refractivity contribution is 0.0595. The number of piperidine rings is 1. The van der Waals surface area contributed by atoms with Gasteiger partial charge in [0, 0.05) is 25.2 Å². The van der Waals surface area contributed by atoms with E-state index in [-0.39, 0.29) is 0 Å². The third-order valence-electron chi connectivity index (χ3n) is 7.14. The van der Waals surface area contributed by atoms with Crippen molar-refractivity contribution in [1.29, 1.82) is 0 Å². The predicted octanol–water partition coefficient (Wildman–Crippen LogP) is 5.04. The Labute approximate surface area is 154 Å². The fourth-order valence-electron chi connectivity index (χ4n) is 5.38. The van der Waals surface area contributed by atoms with E-state index in [9.17, 15) is 0 Å². The molecule has 0 aromatic heterocycles. The van der Waals surface area contributed by atoms with Gasteiger partial charge in [-0.1, -0.05) is 30.7 Å². The molecular formula is C23H36N2. The first-order valence-corrected chi connectivity index (χ1v) is 10.8. The van der Waals surface area contributed by atoms with Gasteiger partial charge in [0.1, 0.15) is 0 Å². The van der Waals surface area contributed by atoms with Crippen LogP contribution in [0.2, 0.25) is 0 Å². The zero-order valence-electron chi connectivity index (χ0n) is 16.3. The first kappa shape index (κ1) is 17.5. The molecule has 2 heterocycles. The van der Waals surface area contributed by atoms with Crippen molar-refractivity contribution in [3.8, 4) is 0 Å². The van der Waals surface area contributed by atoms with Crippen molar-refractivity contribution in [2.45, 2.75) is 83.3 Å². The molecule has 2 heteroatoms. The monoisotopic (exact) mass is 340 g/mol. The van der Waals surface area contributed by atoms with Crippen LogP contribution in [0.15, 0.2) is 24.3 Å². The zero-order chi connectivity index (χ0) is 17.2. The van der Waals surface area contributed by atoms with Crippen molar-refractivity contribution in [3.05, 3.63) is 35.4 Å². The van der Waals surface area contributed by atoms with Gasteiger partial charge in [-0.2, -0.15) is 0 Å². The lowest BCUT2D eigenvalue weighted by Gasteiger charge is -2.45. The maximum atomic E-state index is 2.80. The Kier molecular flexibility index (Phi) is 5.47. The summed E-state index contributed by atoms with van der Waals surface area (Å²) < 4.78 is 0. The van der Waals surface area contributed by atoms with Crippen LogP contribution in [0.5, 0.6) is 0 Å². The van der Waals surface area contributed by atoms with Crippen LogP contribution in [0.3, 0.4) is 0 Å². The summed E-state index contributed by atoms with van der Waals surface area (Å²) >= 11 is 0. The Morgan fingerprint density at radius 1 is 0.880 bits per heavy atom. The van der Waals surface area contributed by atoms with Crippen LogP contribution in [0.4, 0.5) is 0 Å². The fourth-order valence-corrected chi connectivity index (χ4v) is 5.38. The molecule has 0 spiro atoms. The third kappa shape index (κ3) is 4.11. The second-order valence-electron chi connectivity index (χ2n) is 9.08. The van der Waals surface area contributed by atoms with Crippen LogP contribution in [0, 0.1) is 5.92 Å². The van der Waals surface area contributed by atoms with Crippen LogP contribution >= 0.6 is 0 Å². The van der Waals surface area contributed by atoms with Crippen molar-refractivity contribution in [3.63, 3.8) is 0 Å². The molecule has 0 unspecified atom stereocenters. The van der Waals surface area contributed by atoms with Crippen LogP contribution in [0.1, 0.15) is 75.8 Å². The summed E-state index contributed by atoms with van der Waals surface area (Å²) in [6, 6.07) is 11.2. The summed E-state index contributed by atoms with van der Waals surface area (Å²) in [5.41, 5.74) is 3.08. The van der Waals surface area contributed by atoms with Gasteiger partial charge < -0.3 is 0 Å². The highest BCUT2D eigenvalue weighted by Crippen LogP contribution is 2.43. The van der Waals surface area contributed by atoms with E-state index < -0.39 is 0 Å². The topological polar surface area (TPSA) is 6.48 Å². The number of likely N-dealkylation sites (tertiary alicyclic amines) is 2. The summed E-state index contributed by atoms with van der Waals surface area (Å²) in [7, 11) is 0. The van der Waals surface area contributed by atoms with Gasteiger partial charge in [-0.15, -0.1) is 0 Å². The lowest BCUT2D eigenvalue weighted by Crippen LogP contribution is -2.47. The molecule has 0 bridgehead atoms.